The monoisotopic (exact) mass is 246 g/mol. The molecule has 1 aromatic rings. The van der Waals surface area contributed by atoms with E-state index in [1.165, 1.54) is 5.56 Å². The van der Waals surface area contributed by atoms with Gasteiger partial charge in [-0.05, 0) is 25.5 Å². The van der Waals surface area contributed by atoms with Crippen LogP contribution >= 0.6 is 0 Å². The summed E-state index contributed by atoms with van der Waals surface area (Å²) in [4.78, 5) is 2.56. The lowest BCUT2D eigenvalue weighted by molar-refractivity contribution is 0.0507. The Bertz CT molecular complexity index is 405. The van der Waals surface area contributed by atoms with E-state index < -0.39 is 0 Å². The number of ether oxygens (including phenoxy) is 1. The summed E-state index contributed by atoms with van der Waals surface area (Å²) in [5.74, 6) is 1.08. The number of hydrogen-bond donors (Lipinski definition) is 1. The highest BCUT2D eigenvalue weighted by Crippen LogP contribution is 2.29. The molecule has 0 spiro atoms. The molecule has 1 N–H and O–H groups in total. The quantitative estimate of drug-likeness (QED) is 0.859. The summed E-state index contributed by atoms with van der Waals surface area (Å²) in [6, 6.07) is 8.41. The zero-order chi connectivity index (χ0) is 12.6. The van der Waals surface area contributed by atoms with Gasteiger partial charge in [-0.1, -0.05) is 18.2 Å². The van der Waals surface area contributed by atoms with Crippen LogP contribution < -0.4 is 10.1 Å². The fraction of sp³-hybridized carbons (Fsp3) is 0.600. The first kappa shape index (κ1) is 12.0. The van der Waals surface area contributed by atoms with Crippen LogP contribution in [0, 0.1) is 0 Å². The first-order valence-electron chi connectivity index (χ1n) is 6.85. The molecule has 18 heavy (non-hydrogen) atoms. The highest BCUT2D eigenvalue weighted by atomic mass is 16.5. The van der Waals surface area contributed by atoms with E-state index in [1.807, 2.05) is 0 Å². The molecule has 0 radical (unpaired) electrons. The molecule has 0 bridgehead atoms. The van der Waals surface area contributed by atoms with E-state index in [-0.39, 0.29) is 5.54 Å². The summed E-state index contributed by atoms with van der Waals surface area (Å²) >= 11 is 0. The third-order valence-corrected chi connectivity index (χ3v) is 4.11. The average Bonchev–Trinajstić information content (AvgIpc) is 2.74. The van der Waals surface area contributed by atoms with Gasteiger partial charge in [0.2, 0.25) is 0 Å². The highest BCUT2D eigenvalue weighted by Gasteiger charge is 2.33. The van der Waals surface area contributed by atoms with Gasteiger partial charge in [0.05, 0.1) is 0 Å². The van der Waals surface area contributed by atoms with Crippen molar-refractivity contribution >= 4 is 0 Å². The van der Waals surface area contributed by atoms with Gasteiger partial charge in [-0.15, -0.1) is 0 Å². The fourth-order valence-corrected chi connectivity index (χ4v) is 2.96. The number of para-hydroxylation sites is 1. The minimum atomic E-state index is 0.233. The second-order valence-electron chi connectivity index (χ2n) is 5.99. The number of rotatable bonds is 2. The Morgan fingerprint density at radius 3 is 3.00 bits per heavy atom. The topological polar surface area (TPSA) is 24.5 Å². The predicted molar refractivity (Wildman–Crippen MR) is 73.1 cm³/mol. The normalized spacial score (nSPS) is 26.7. The van der Waals surface area contributed by atoms with Gasteiger partial charge in [0.25, 0.3) is 0 Å². The fourth-order valence-electron chi connectivity index (χ4n) is 2.96. The van der Waals surface area contributed by atoms with E-state index in [0.717, 1.165) is 38.3 Å². The number of benzene rings is 1. The Balaban J connectivity index is 1.65. The number of nitrogens with zero attached hydrogens (tertiary/aromatic N) is 1. The van der Waals surface area contributed by atoms with Gasteiger partial charge in [0.1, 0.15) is 11.9 Å². The van der Waals surface area contributed by atoms with Gasteiger partial charge >= 0.3 is 0 Å². The predicted octanol–water partition coefficient (Wildman–Crippen LogP) is 1.67. The average molecular weight is 246 g/mol. The van der Waals surface area contributed by atoms with E-state index in [1.54, 1.807) is 0 Å². The molecule has 0 amide bonds. The molecule has 0 aliphatic carbocycles. The van der Waals surface area contributed by atoms with E-state index in [9.17, 15) is 0 Å². The van der Waals surface area contributed by atoms with Crippen molar-refractivity contribution in [1.29, 1.82) is 0 Å². The summed E-state index contributed by atoms with van der Waals surface area (Å²) in [5, 5.41) is 3.46. The van der Waals surface area contributed by atoms with Crippen molar-refractivity contribution in [3.05, 3.63) is 29.8 Å². The van der Waals surface area contributed by atoms with Crippen LogP contribution in [-0.4, -0.2) is 42.7 Å². The Hall–Kier alpha value is -1.06. The van der Waals surface area contributed by atoms with Gasteiger partial charge in [-0.25, -0.2) is 0 Å². The van der Waals surface area contributed by atoms with Gasteiger partial charge in [-0.3, -0.25) is 4.90 Å². The van der Waals surface area contributed by atoms with E-state index in [2.05, 4.69) is 48.3 Å². The maximum atomic E-state index is 6.04. The molecule has 2 heterocycles. The number of piperazine rings is 1. The molecule has 3 nitrogen and oxygen atoms in total. The molecule has 1 unspecified atom stereocenters. The van der Waals surface area contributed by atoms with Gasteiger partial charge in [-0.2, -0.15) is 0 Å². The molecule has 1 saturated heterocycles. The molecule has 1 aromatic carbocycles. The Morgan fingerprint density at radius 2 is 2.22 bits per heavy atom. The van der Waals surface area contributed by atoms with Crippen molar-refractivity contribution in [3.8, 4) is 5.75 Å². The van der Waals surface area contributed by atoms with Gasteiger partial charge in [0, 0.05) is 38.1 Å². The zero-order valence-electron chi connectivity index (χ0n) is 11.3. The molecule has 1 atom stereocenters. The summed E-state index contributed by atoms with van der Waals surface area (Å²) < 4.78 is 6.04. The maximum absolute atomic E-state index is 6.04. The molecule has 1 fully saturated rings. The number of fused-ring (bicyclic) bond motifs is 1. The minimum Gasteiger partial charge on any atom is -0.488 e. The van der Waals surface area contributed by atoms with Crippen molar-refractivity contribution < 1.29 is 4.74 Å². The molecule has 2 aliphatic rings. The van der Waals surface area contributed by atoms with Crippen LogP contribution in [0.25, 0.3) is 0 Å². The molecule has 3 heteroatoms. The maximum Gasteiger partial charge on any atom is 0.123 e. The third-order valence-electron chi connectivity index (χ3n) is 4.11. The second kappa shape index (κ2) is 4.56. The smallest absolute Gasteiger partial charge is 0.123 e. The third kappa shape index (κ3) is 2.25. The highest BCUT2D eigenvalue weighted by molar-refractivity contribution is 5.37. The van der Waals surface area contributed by atoms with Gasteiger partial charge < -0.3 is 10.1 Å². The standard InChI is InChI=1S/C15H22N2O/c1-15(2)11-16-7-8-17(15)10-13-9-12-5-3-4-6-14(12)18-13/h3-6,13,16H,7-11H2,1-2H3. The van der Waals surface area contributed by atoms with Gasteiger partial charge in [0.15, 0.2) is 0 Å². The van der Waals surface area contributed by atoms with Crippen LogP contribution in [0.4, 0.5) is 0 Å². The Morgan fingerprint density at radius 1 is 1.39 bits per heavy atom. The van der Waals surface area contributed by atoms with E-state index in [0.29, 0.717) is 6.10 Å². The lowest BCUT2D eigenvalue weighted by atomic mass is 9.99. The number of nitrogens with one attached hydrogen (secondary N) is 1. The summed E-state index contributed by atoms with van der Waals surface area (Å²) in [5.41, 5.74) is 1.59. The van der Waals surface area contributed by atoms with Crippen LogP contribution in [-0.2, 0) is 6.42 Å². The lowest BCUT2D eigenvalue weighted by Gasteiger charge is -2.43. The summed E-state index contributed by atoms with van der Waals surface area (Å²) in [7, 11) is 0. The summed E-state index contributed by atoms with van der Waals surface area (Å²) in [6.07, 6.45) is 1.37. The lowest BCUT2D eigenvalue weighted by Crippen LogP contribution is -2.59. The first-order valence-corrected chi connectivity index (χ1v) is 6.85. The van der Waals surface area contributed by atoms with Crippen molar-refractivity contribution in [2.45, 2.75) is 31.9 Å². The minimum absolute atomic E-state index is 0.233. The molecular weight excluding hydrogens is 224 g/mol. The molecular formula is C15H22N2O. The van der Waals surface area contributed by atoms with Crippen molar-refractivity contribution in [2.75, 3.05) is 26.2 Å². The molecule has 3 rings (SSSR count). The second-order valence-corrected chi connectivity index (χ2v) is 5.99. The van der Waals surface area contributed by atoms with E-state index in [4.69, 9.17) is 4.74 Å². The molecule has 0 aromatic heterocycles. The molecule has 98 valence electrons. The molecule has 2 aliphatic heterocycles. The number of hydrogen-bond acceptors (Lipinski definition) is 3. The van der Waals surface area contributed by atoms with Crippen LogP contribution in [0.2, 0.25) is 0 Å². The van der Waals surface area contributed by atoms with Crippen LogP contribution in [0.1, 0.15) is 19.4 Å². The van der Waals surface area contributed by atoms with Crippen molar-refractivity contribution in [2.24, 2.45) is 0 Å². The molecule has 0 saturated carbocycles. The SMILES string of the molecule is CC1(C)CNCCN1CC1Cc2ccccc2O1. The Labute approximate surface area is 109 Å². The van der Waals surface area contributed by atoms with E-state index >= 15 is 0 Å². The van der Waals surface area contributed by atoms with Crippen LogP contribution in [0.15, 0.2) is 24.3 Å². The first-order chi connectivity index (χ1) is 8.65. The largest absolute Gasteiger partial charge is 0.488 e. The summed E-state index contributed by atoms with van der Waals surface area (Å²) in [6.45, 7) is 8.91. The van der Waals surface area contributed by atoms with Crippen LogP contribution in [0.3, 0.4) is 0 Å². The zero-order valence-corrected chi connectivity index (χ0v) is 11.3. The van der Waals surface area contributed by atoms with Crippen molar-refractivity contribution in [1.82, 2.24) is 10.2 Å². The van der Waals surface area contributed by atoms with Crippen LogP contribution in [0.5, 0.6) is 5.75 Å². The Kier molecular flexibility index (Phi) is 3.04. The van der Waals surface area contributed by atoms with Crippen molar-refractivity contribution in [3.63, 3.8) is 0 Å².